The molecule has 3 fully saturated rings. The van der Waals surface area contributed by atoms with E-state index in [0.29, 0.717) is 6.61 Å². The summed E-state index contributed by atoms with van der Waals surface area (Å²) in [6.45, 7) is 10.3. The first kappa shape index (κ1) is 26.6. The Hall–Kier alpha value is -1.03. The molecule has 0 amide bonds. The molecule has 33 heavy (non-hydrogen) atoms. The van der Waals surface area contributed by atoms with E-state index in [1.807, 2.05) is 0 Å². The molecule has 0 atom stereocenters. The summed E-state index contributed by atoms with van der Waals surface area (Å²) in [7, 11) is 0. The number of piperidine rings is 1. The Morgan fingerprint density at radius 2 is 1.52 bits per heavy atom. The lowest BCUT2D eigenvalue weighted by molar-refractivity contribution is -0.150. The fourth-order valence-corrected chi connectivity index (χ4v) is 6.40. The summed E-state index contributed by atoms with van der Waals surface area (Å²) in [5.74, 6) is 2.59. The summed E-state index contributed by atoms with van der Waals surface area (Å²) < 4.78 is 11.3. The lowest BCUT2D eigenvalue weighted by Crippen LogP contribution is -2.30. The second kappa shape index (κ2) is 15.1. The molecular weight excluding hydrogens is 410 g/mol. The minimum atomic E-state index is -0.345. The summed E-state index contributed by atoms with van der Waals surface area (Å²) in [4.78, 5) is 14.9. The van der Waals surface area contributed by atoms with Crippen LogP contribution >= 0.6 is 0 Å². The predicted octanol–water partition coefficient (Wildman–Crippen LogP) is 7.27. The van der Waals surface area contributed by atoms with Crippen LogP contribution in [0.25, 0.3) is 0 Å². The second-order valence-electron chi connectivity index (χ2n) is 11.1. The molecular formula is C29H51NO3. The predicted molar refractivity (Wildman–Crippen MR) is 136 cm³/mol. The third kappa shape index (κ3) is 9.62. The van der Waals surface area contributed by atoms with E-state index in [4.69, 9.17) is 9.47 Å². The van der Waals surface area contributed by atoms with Crippen LogP contribution in [0, 0.1) is 17.8 Å². The molecule has 0 aromatic heterocycles. The van der Waals surface area contributed by atoms with E-state index >= 15 is 0 Å². The van der Waals surface area contributed by atoms with E-state index in [2.05, 4.69) is 18.4 Å². The maximum Gasteiger partial charge on any atom is 0.373 e. The number of hydrogen-bond acceptors (Lipinski definition) is 4. The Morgan fingerprint density at radius 3 is 2.18 bits per heavy atom. The fraction of sp³-hybridized carbons (Fsp3) is 0.897. The van der Waals surface area contributed by atoms with Crippen molar-refractivity contribution in [3.8, 4) is 0 Å². The number of carbonyl (C=O) groups is 1. The maximum atomic E-state index is 12.4. The van der Waals surface area contributed by atoms with Gasteiger partial charge in [-0.3, -0.25) is 0 Å². The summed E-state index contributed by atoms with van der Waals surface area (Å²) in [5, 5.41) is 0. The first-order valence-electron chi connectivity index (χ1n) is 14.4. The normalized spacial score (nSPS) is 28.9. The minimum Gasteiger partial charge on any atom is -0.487 e. The SMILES string of the molecule is C=C(OCCCCN1CCCCC1)C(=O)OC1CCC(C2CCC(CCCCC)CC2)CC1. The van der Waals surface area contributed by atoms with Crippen LogP contribution in [-0.2, 0) is 14.3 Å². The lowest BCUT2D eigenvalue weighted by Gasteiger charge is -2.37. The van der Waals surface area contributed by atoms with Crippen LogP contribution in [0.4, 0.5) is 0 Å². The van der Waals surface area contributed by atoms with Crippen molar-refractivity contribution in [2.24, 2.45) is 17.8 Å². The van der Waals surface area contributed by atoms with E-state index in [-0.39, 0.29) is 17.8 Å². The van der Waals surface area contributed by atoms with Crippen molar-refractivity contribution in [3.05, 3.63) is 12.3 Å². The Balaban J connectivity index is 1.22. The quantitative estimate of drug-likeness (QED) is 0.125. The smallest absolute Gasteiger partial charge is 0.373 e. The van der Waals surface area contributed by atoms with Crippen molar-refractivity contribution in [1.82, 2.24) is 4.90 Å². The summed E-state index contributed by atoms with van der Waals surface area (Å²) in [6, 6.07) is 0. The first-order chi connectivity index (χ1) is 16.2. The van der Waals surface area contributed by atoms with Gasteiger partial charge < -0.3 is 14.4 Å². The van der Waals surface area contributed by atoms with Gasteiger partial charge in [-0.05, 0) is 108 Å². The van der Waals surface area contributed by atoms with Crippen LogP contribution in [0.5, 0.6) is 0 Å². The summed E-state index contributed by atoms with van der Waals surface area (Å²) in [6.07, 6.45) is 22.0. The molecule has 3 aliphatic rings. The number of likely N-dealkylation sites (tertiary alicyclic amines) is 1. The molecule has 0 unspecified atom stereocenters. The van der Waals surface area contributed by atoms with E-state index in [9.17, 15) is 4.79 Å². The van der Waals surface area contributed by atoms with E-state index in [1.165, 1.54) is 96.6 Å². The van der Waals surface area contributed by atoms with Crippen molar-refractivity contribution in [3.63, 3.8) is 0 Å². The summed E-state index contributed by atoms with van der Waals surface area (Å²) >= 11 is 0. The van der Waals surface area contributed by atoms with E-state index in [1.54, 1.807) is 0 Å². The molecule has 3 rings (SSSR count). The first-order valence-corrected chi connectivity index (χ1v) is 14.4. The van der Waals surface area contributed by atoms with Gasteiger partial charge in [0.05, 0.1) is 6.61 Å². The molecule has 0 aromatic carbocycles. The zero-order valence-corrected chi connectivity index (χ0v) is 21.5. The third-order valence-electron chi connectivity index (χ3n) is 8.59. The molecule has 1 saturated heterocycles. The number of hydrogen-bond donors (Lipinski definition) is 0. The van der Waals surface area contributed by atoms with Gasteiger partial charge in [-0.2, -0.15) is 0 Å². The molecule has 0 spiro atoms. The van der Waals surface area contributed by atoms with Gasteiger partial charge >= 0.3 is 5.97 Å². The highest BCUT2D eigenvalue weighted by atomic mass is 16.6. The molecule has 2 saturated carbocycles. The van der Waals surface area contributed by atoms with Gasteiger partial charge in [0, 0.05) is 0 Å². The lowest BCUT2D eigenvalue weighted by atomic mass is 9.70. The van der Waals surface area contributed by atoms with Crippen LogP contribution in [0.1, 0.15) is 116 Å². The Kier molecular flexibility index (Phi) is 12.1. The third-order valence-corrected chi connectivity index (χ3v) is 8.59. The van der Waals surface area contributed by atoms with Crippen molar-refractivity contribution >= 4 is 5.97 Å². The largest absolute Gasteiger partial charge is 0.487 e. The molecule has 0 aromatic rings. The van der Waals surface area contributed by atoms with Crippen LogP contribution < -0.4 is 0 Å². The van der Waals surface area contributed by atoms with Gasteiger partial charge in [0.15, 0.2) is 5.76 Å². The summed E-state index contributed by atoms with van der Waals surface area (Å²) in [5.41, 5.74) is 0. The highest BCUT2D eigenvalue weighted by molar-refractivity contribution is 5.85. The molecule has 190 valence electrons. The molecule has 4 nitrogen and oxygen atoms in total. The zero-order valence-electron chi connectivity index (χ0n) is 21.5. The highest BCUT2D eigenvalue weighted by Gasteiger charge is 2.32. The van der Waals surface area contributed by atoms with Crippen LogP contribution in [0.3, 0.4) is 0 Å². The second-order valence-corrected chi connectivity index (χ2v) is 11.1. The van der Waals surface area contributed by atoms with Crippen molar-refractivity contribution in [1.29, 1.82) is 0 Å². The average Bonchev–Trinajstić information content (AvgIpc) is 2.85. The Morgan fingerprint density at radius 1 is 0.848 bits per heavy atom. The fourth-order valence-electron chi connectivity index (χ4n) is 6.40. The van der Waals surface area contributed by atoms with Crippen molar-refractivity contribution < 1.29 is 14.3 Å². The number of unbranched alkanes of at least 4 members (excludes halogenated alkanes) is 3. The van der Waals surface area contributed by atoms with Gasteiger partial charge in [0.1, 0.15) is 6.10 Å². The van der Waals surface area contributed by atoms with E-state index in [0.717, 1.165) is 50.0 Å². The number of esters is 1. The van der Waals surface area contributed by atoms with Gasteiger partial charge in [0.25, 0.3) is 0 Å². The zero-order chi connectivity index (χ0) is 23.3. The molecule has 0 bridgehead atoms. The highest BCUT2D eigenvalue weighted by Crippen LogP contribution is 2.41. The molecule has 1 heterocycles. The monoisotopic (exact) mass is 461 g/mol. The molecule has 0 radical (unpaired) electrons. The standard InChI is InChI=1S/C29H51NO3/c1-3-4-6-11-25-12-14-26(15-13-25)27-16-18-28(19-17-27)33-29(31)24(2)32-23-10-9-22-30-20-7-5-8-21-30/h25-28H,2-23H2,1H3. The van der Waals surface area contributed by atoms with Crippen LogP contribution in [0.15, 0.2) is 12.3 Å². The molecule has 1 aliphatic heterocycles. The van der Waals surface area contributed by atoms with Crippen molar-refractivity contribution in [2.45, 2.75) is 122 Å². The van der Waals surface area contributed by atoms with Gasteiger partial charge in [0.2, 0.25) is 0 Å². The minimum absolute atomic E-state index is 0.0542. The number of ether oxygens (including phenoxy) is 2. The van der Waals surface area contributed by atoms with Gasteiger partial charge in [-0.15, -0.1) is 0 Å². The average molecular weight is 462 g/mol. The van der Waals surface area contributed by atoms with Gasteiger partial charge in [-0.1, -0.05) is 51.9 Å². The number of rotatable bonds is 13. The maximum absolute atomic E-state index is 12.4. The number of nitrogens with zero attached hydrogens (tertiary/aromatic N) is 1. The van der Waals surface area contributed by atoms with Gasteiger partial charge in [-0.25, -0.2) is 4.79 Å². The van der Waals surface area contributed by atoms with Crippen LogP contribution in [0.2, 0.25) is 0 Å². The Bertz CT molecular complexity index is 555. The molecule has 4 heteroatoms. The van der Waals surface area contributed by atoms with Crippen LogP contribution in [-0.4, -0.2) is 43.2 Å². The topological polar surface area (TPSA) is 38.8 Å². The Labute approximate surface area is 203 Å². The molecule has 0 N–H and O–H groups in total. The number of carbonyl (C=O) groups excluding carboxylic acids is 1. The molecule has 2 aliphatic carbocycles. The van der Waals surface area contributed by atoms with Crippen molar-refractivity contribution in [2.75, 3.05) is 26.2 Å². The van der Waals surface area contributed by atoms with E-state index < -0.39 is 0 Å².